The number of hydrogen-bond donors (Lipinski definition) is 1. The van der Waals surface area contributed by atoms with Crippen LogP contribution in [0.25, 0.3) is 0 Å². The van der Waals surface area contributed by atoms with Crippen molar-refractivity contribution in [1.82, 2.24) is 10.2 Å². The third-order valence-electron chi connectivity index (χ3n) is 4.29. The minimum Gasteiger partial charge on any atom is -0.444 e. The Morgan fingerprint density at radius 1 is 1.23 bits per heavy atom. The van der Waals surface area contributed by atoms with E-state index in [0.29, 0.717) is 25.8 Å². The van der Waals surface area contributed by atoms with Crippen molar-refractivity contribution in [3.8, 4) is 0 Å². The number of carbonyl (C=O) groups is 2. The van der Waals surface area contributed by atoms with E-state index in [1.807, 2.05) is 0 Å². The van der Waals surface area contributed by atoms with Gasteiger partial charge in [-0.05, 0) is 47.0 Å². The number of rotatable bonds is 2. The van der Waals surface area contributed by atoms with Crippen molar-refractivity contribution >= 4 is 12.0 Å². The molecule has 0 radical (unpaired) electrons. The summed E-state index contributed by atoms with van der Waals surface area (Å²) in [7, 11) is 0. The highest BCUT2D eigenvalue weighted by atomic mass is 19.3. The van der Waals surface area contributed by atoms with Gasteiger partial charge in [0.1, 0.15) is 11.6 Å². The molecule has 0 aromatic rings. The fraction of sp³-hybridized carbons (Fsp3) is 0.867. The molecule has 126 valence electrons. The van der Waals surface area contributed by atoms with Crippen molar-refractivity contribution in [2.24, 2.45) is 5.41 Å². The molecular weight excluding hydrogens is 294 g/mol. The number of amides is 2. The third kappa shape index (κ3) is 3.50. The smallest absolute Gasteiger partial charge is 0.408 e. The fourth-order valence-electron chi connectivity index (χ4n) is 2.79. The number of carbonyl (C=O) groups excluding carboxylic acids is 2. The Bertz CT molecular complexity index is 470. The second-order valence-corrected chi connectivity index (χ2v) is 7.36. The molecule has 0 aromatic carbocycles. The zero-order valence-corrected chi connectivity index (χ0v) is 13.5. The summed E-state index contributed by atoms with van der Waals surface area (Å²) in [5.41, 5.74) is -1.56. The second kappa shape index (κ2) is 5.35. The first-order valence-corrected chi connectivity index (χ1v) is 7.62. The number of hydrogen-bond acceptors (Lipinski definition) is 3. The lowest BCUT2D eigenvalue weighted by molar-refractivity contribution is -0.156. The summed E-state index contributed by atoms with van der Waals surface area (Å²) in [6.45, 7) is 6.35. The highest BCUT2D eigenvalue weighted by Crippen LogP contribution is 2.61. The van der Waals surface area contributed by atoms with E-state index in [2.05, 4.69) is 5.32 Å². The molecule has 5 nitrogen and oxygen atoms in total. The summed E-state index contributed by atoms with van der Waals surface area (Å²) < 4.78 is 33.3. The van der Waals surface area contributed by atoms with E-state index in [0.717, 1.165) is 4.90 Å². The summed E-state index contributed by atoms with van der Waals surface area (Å²) in [5, 5.41) is 2.40. The highest BCUT2D eigenvalue weighted by molar-refractivity contribution is 5.85. The molecule has 0 bridgehead atoms. The van der Waals surface area contributed by atoms with Crippen molar-refractivity contribution in [1.29, 1.82) is 0 Å². The van der Waals surface area contributed by atoms with Crippen molar-refractivity contribution in [3.63, 3.8) is 0 Å². The van der Waals surface area contributed by atoms with E-state index in [9.17, 15) is 18.4 Å². The lowest BCUT2D eigenvalue weighted by Gasteiger charge is -2.39. The molecule has 2 amide bonds. The summed E-state index contributed by atoms with van der Waals surface area (Å²) >= 11 is 0. The molecule has 2 rings (SSSR count). The maximum Gasteiger partial charge on any atom is 0.408 e. The molecular formula is C15H24F2N2O3. The summed E-state index contributed by atoms with van der Waals surface area (Å²) in [6, 6.07) is -0.890. The van der Waals surface area contributed by atoms with Crippen LogP contribution in [0, 0.1) is 5.41 Å². The van der Waals surface area contributed by atoms with Gasteiger partial charge >= 0.3 is 6.09 Å². The van der Waals surface area contributed by atoms with Crippen molar-refractivity contribution in [2.75, 3.05) is 13.1 Å². The predicted octanol–water partition coefficient (Wildman–Crippen LogP) is 2.55. The maximum atomic E-state index is 14.1. The summed E-state index contributed by atoms with van der Waals surface area (Å²) in [4.78, 5) is 25.0. The van der Waals surface area contributed by atoms with E-state index in [4.69, 9.17) is 4.74 Å². The molecule has 1 N–H and O–H groups in total. The van der Waals surface area contributed by atoms with Crippen LogP contribution in [-0.4, -0.2) is 47.6 Å². The molecule has 1 aliphatic heterocycles. The molecule has 1 atom stereocenters. The Balaban J connectivity index is 1.90. The third-order valence-corrected chi connectivity index (χ3v) is 4.29. The highest BCUT2D eigenvalue weighted by Gasteiger charge is 2.64. The fourth-order valence-corrected chi connectivity index (χ4v) is 2.79. The van der Waals surface area contributed by atoms with Gasteiger partial charge in [-0.15, -0.1) is 0 Å². The summed E-state index contributed by atoms with van der Waals surface area (Å²) in [6.07, 6.45) is 0.669. The van der Waals surface area contributed by atoms with E-state index in [-0.39, 0.29) is 0 Å². The average Bonchev–Trinajstić information content (AvgIpc) is 3.11. The zero-order chi connectivity index (χ0) is 16.8. The quantitative estimate of drug-likeness (QED) is 0.851. The van der Waals surface area contributed by atoms with Crippen LogP contribution in [-0.2, 0) is 9.53 Å². The van der Waals surface area contributed by atoms with Gasteiger partial charge in [0.2, 0.25) is 5.91 Å². The van der Waals surface area contributed by atoms with Gasteiger partial charge in [0.05, 0.1) is 6.54 Å². The van der Waals surface area contributed by atoms with E-state index < -0.39 is 41.5 Å². The number of alkyl halides is 2. The number of alkyl carbamates (subject to hydrolysis) is 1. The molecule has 1 spiro atoms. The number of nitrogens with zero attached hydrogens (tertiary/aromatic N) is 1. The number of nitrogens with one attached hydrogen (secondary N) is 1. The Kier molecular flexibility index (Phi) is 4.13. The maximum absolute atomic E-state index is 14.1. The molecule has 22 heavy (non-hydrogen) atoms. The SMILES string of the molecule is CC(NC(=O)OC(C)(C)C)C(=O)N1CCC2(CC2)C(F)(F)C1. The Hall–Kier alpha value is -1.40. The normalized spacial score (nSPS) is 23.8. The molecule has 1 heterocycles. The van der Waals surface area contributed by atoms with E-state index >= 15 is 0 Å². The van der Waals surface area contributed by atoms with Crippen molar-refractivity contribution < 1.29 is 23.1 Å². The van der Waals surface area contributed by atoms with Crippen LogP contribution in [0.1, 0.15) is 47.0 Å². The molecule has 7 heteroatoms. The number of halogens is 2. The van der Waals surface area contributed by atoms with Gasteiger partial charge in [-0.2, -0.15) is 0 Å². The van der Waals surface area contributed by atoms with Gasteiger partial charge in [-0.3, -0.25) is 4.79 Å². The lowest BCUT2D eigenvalue weighted by Crippen LogP contribution is -2.56. The Morgan fingerprint density at radius 2 is 1.82 bits per heavy atom. The second-order valence-electron chi connectivity index (χ2n) is 7.36. The molecule has 0 aromatic heterocycles. The largest absolute Gasteiger partial charge is 0.444 e. The first-order valence-electron chi connectivity index (χ1n) is 7.62. The monoisotopic (exact) mass is 318 g/mol. The lowest BCUT2D eigenvalue weighted by atomic mass is 9.89. The number of likely N-dealkylation sites (tertiary alicyclic amines) is 1. The first kappa shape index (κ1) is 17.0. The topological polar surface area (TPSA) is 58.6 Å². The van der Waals surface area contributed by atoms with Crippen LogP contribution >= 0.6 is 0 Å². The molecule has 1 unspecified atom stereocenters. The minimum absolute atomic E-state index is 0.314. The van der Waals surface area contributed by atoms with Gasteiger partial charge in [0.15, 0.2) is 0 Å². The average molecular weight is 318 g/mol. The van der Waals surface area contributed by atoms with Crippen LogP contribution in [0.15, 0.2) is 0 Å². The predicted molar refractivity (Wildman–Crippen MR) is 76.6 cm³/mol. The van der Waals surface area contributed by atoms with Crippen LogP contribution in [0.4, 0.5) is 13.6 Å². The van der Waals surface area contributed by atoms with Gasteiger partial charge in [-0.1, -0.05) is 0 Å². The first-order chi connectivity index (χ1) is 9.96. The molecule has 1 saturated carbocycles. The van der Waals surface area contributed by atoms with Gasteiger partial charge < -0.3 is 15.0 Å². The van der Waals surface area contributed by atoms with Crippen molar-refractivity contribution in [2.45, 2.75) is 64.5 Å². The number of ether oxygens (including phenoxy) is 1. The standard InChI is InChI=1S/C15H24F2N2O3/c1-10(18-12(21)22-13(2,3)4)11(20)19-8-7-14(5-6-14)15(16,17)9-19/h10H,5-9H2,1-4H3,(H,18,21). The zero-order valence-electron chi connectivity index (χ0n) is 13.5. The molecule has 2 fully saturated rings. The van der Waals surface area contributed by atoms with Crippen molar-refractivity contribution in [3.05, 3.63) is 0 Å². The van der Waals surface area contributed by atoms with Crippen LogP contribution in [0.2, 0.25) is 0 Å². The minimum atomic E-state index is -2.84. The molecule has 2 aliphatic rings. The molecule has 1 aliphatic carbocycles. The molecule has 1 saturated heterocycles. The van der Waals surface area contributed by atoms with Gasteiger partial charge in [-0.25, -0.2) is 13.6 Å². The van der Waals surface area contributed by atoms with E-state index in [1.165, 1.54) is 6.92 Å². The Morgan fingerprint density at radius 3 is 2.27 bits per heavy atom. The van der Waals surface area contributed by atoms with Crippen LogP contribution < -0.4 is 5.32 Å². The van der Waals surface area contributed by atoms with Gasteiger partial charge in [0, 0.05) is 12.0 Å². The van der Waals surface area contributed by atoms with E-state index in [1.54, 1.807) is 20.8 Å². The van der Waals surface area contributed by atoms with Crippen LogP contribution in [0.3, 0.4) is 0 Å². The van der Waals surface area contributed by atoms with Gasteiger partial charge in [0.25, 0.3) is 5.92 Å². The summed E-state index contributed by atoms with van der Waals surface area (Å²) in [5.74, 6) is -3.34. The Labute approximate surface area is 129 Å². The van der Waals surface area contributed by atoms with Crippen LogP contribution in [0.5, 0.6) is 0 Å². The number of piperidine rings is 1.